The first-order chi connectivity index (χ1) is 11.8. The first-order valence-electron chi connectivity index (χ1n) is 7.72. The Kier molecular flexibility index (Phi) is 5.33. The molecule has 5 heteroatoms. The lowest BCUT2D eigenvalue weighted by Gasteiger charge is -2.20. The van der Waals surface area contributed by atoms with Crippen LogP contribution in [0.15, 0.2) is 78.2 Å². The maximum absolute atomic E-state index is 12.8. The van der Waals surface area contributed by atoms with E-state index in [2.05, 4.69) is 10.3 Å². The molecular formula is C19H19N3OS. The van der Waals surface area contributed by atoms with E-state index in [1.807, 2.05) is 71.6 Å². The van der Waals surface area contributed by atoms with Crippen LogP contribution in [-0.2, 0) is 6.54 Å². The van der Waals surface area contributed by atoms with Crippen molar-refractivity contribution in [2.75, 3.05) is 6.26 Å². The number of nitrogens with one attached hydrogen (secondary N) is 1. The lowest BCUT2D eigenvalue weighted by molar-refractivity contribution is 0.0929. The normalized spacial score (nSPS) is 11.9. The van der Waals surface area contributed by atoms with Gasteiger partial charge in [0.05, 0.1) is 17.9 Å². The third-order valence-electron chi connectivity index (χ3n) is 3.81. The number of aromatic nitrogens is 2. The zero-order chi connectivity index (χ0) is 16.8. The van der Waals surface area contributed by atoms with Crippen molar-refractivity contribution in [2.24, 2.45) is 0 Å². The minimum Gasteiger partial charge on any atom is -0.343 e. The van der Waals surface area contributed by atoms with Gasteiger partial charge in [-0.05, 0) is 24.0 Å². The van der Waals surface area contributed by atoms with Gasteiger partial charge in [0, 0.05) is 23.8 Å². The average molecular weight is 337 g/mol. The van der Waals surface area contributed by atoms with E-state index in [9.17, 15) is 4.79 Å². The molecule has 0 unspecified atom stereocenters. The fourth-order valence-electron chi connectivity index (χ4n) is 2.59. The van der Waals surface area contributed by atoms with Gasteiger partial charge in [0.2, 0.25) is 0 Å². The molecule has 0 fully saturated rings. The highest BCUT2D eigenvalue weighted by Crippen LogP contribution is 2.22. The molecule has 1 amide bonds. The van der Waals surface area contributed by atoms with Crippen molar-refractivity contribution in [1.82, 2.24) is 14.9 Å². The first-order valence-corrected chi connectivity index (χ1v) is 8.95. The van der Waals surface area contributed by atoms with E-state index in [4.69, 9.17) is 0 Å². The van der Waals surface area contributed by atoms with Crippen molar-refractivity contribution in [3.63, 3.8) is 0 Å². The molecule has 0 saturated carbocycles. The van der Waals surface area contributed by atoms with Gasteiger partial charge in [-0.25, -0.2) is 4.98 Å². The number of carbonyl (C=O) groups is 1. The zero-order valence-corrected chi connectivity index (χ0v) is 14.2. The van der Waals surface area contributed by atoms with E-state index in [0.29, 0.717) is 12.1 Å². The highest BCUT2D eigenvalue weighted by atomic mass is 32.2. The topological polar surface area (TPSA) is 46.9 Å². The largest absolute Gasteiger partial charge is 0.343 e. The Morgan fingerprint density at radius 2 is 1.92 bits per heavy atom. The first kappa shape index (κ1) is 16.3. The summed E-state index contributed by atoms with van der Waals surface area (Å²) in [6.45, 7) is 0.636. The molecule has 0 bridgehead atoms. The van der Waals surface area contributed by atoms with Crippen LogP contribution in [0.3, 0.4) is 0 Å². The van der Waals surface area contributed by atoms with Crippen LogP contribution < -0.4 is 5.32 Å². The molecule has 24 heavy (non-hydrogen) atoms. The lowest BCUT2D eigenvalue weighted by atomic mass is 10.1. The second-order valence-corrected chi connectivity index (χ2v) is 6.24. The highest BCUT2D eigenvalue weighted by Gasteiger charge is 2.18. The number of benzene rings is 2. The van der Waals surface area contributed by atoms with Gasteiger partial charge >= 0.3 is 0 Å². The SMILES string of the molecule is CSc1ccccc1C(=O)N[C@@H](Cn1ccnc1)c1ccccc1. The molecular weight excluding hydrogens is 318 g/mol. The maximum atomic E-state index is 12.8. The number of thioether (sulfide) groups is 1. The second kappa shape index (κ2) is 7.84. The van der Waals surface area contributed by atoms with Crippen LogP contribution in [0.1, 0.15) is 22.0 Å². The lowest BCUT2D eigenvalue weighted by Crippen LogP contribution is -2.31. The monoisotopic (exact) mass is 337 g/mol. The van der Waals surface area contributed by atoms with Crippen LogP contribution in [0.4, 0.5) is 0 Å². The predicted octanol–water partition coefficient (Wildman–Crippen LogP) is 3.78. The molecule has 0 aliphatic carbocycles. The number of amides is 1. The van der Waals surface area contributed by atoms with Gasteiger partial charge in [0.25, 0.3) is 5.91 Å². The molecule has 0 aliphatic rings. The quantitative estimate of drug-likeness (QED) is 0.696. The number of carbonyl (C=O) groups excluding carboxylic acids is 1. The van der Waals surface area contributed by atoms with Crippen LogP contribution in [0.25, 0.3) is 0 Å². The third kappa shape index (κ3) is 3.86. The van der Waals surface area contributed by atoms with E-state index in [-0.39, 0.29) is 11.9 Å². The van der Waals surface area contributed by atoms with Crippen molar-refractivity contribution in [3.8, 4) is 0 Å². The summed E-state index contributed by atoms with van der Waals surface area (Å²) in [4.78, 5) is 17.8. The number of rotatable bonds is 6. The molecule has 0 saturated heterocycles. The summed E-state index contributed by atoms with van der Waals surface area (Å²) in [6, 6.07) is 17.5. The molecule has 122 valence electrons. The summed E-state index contributed by atoms with van der Waals surface area (Å²) in [7, 11) is 0. The molecule has 1 N–H and O–H groups in total. The number of hydrogen-bond acceptors (Lipinski definition) is 3. The van der Waals surface area contributed by atoms with Gasteiger partial charge in [-0.2, -0.15) is 0 Å². The smallest absolute Gasteiger partial charge is 0.252 e. The van der Waals surface area contributed by atoms with Crippen molar-refractivity contribution >= 4 is 17.7 Å². The molecule has 1 aromatic heterocycles. The predicted molar refractivity (Wildman–Crippen MR) is 97.1 cm³/mol. The Morgan fingerprint density at radius 1 is 1.17 bits per heavy atom. The Morgan fingerprint density at radius 3 is 2.62 bits per heavy atom. The summed E-state index contributed by atoms with van der Waals surface area (Å²) < 4.78 is 1.97. The van der Waals surface area contributed by atoms with Gasteiger partial charge in [-0.1, -0.05) is 42.5 Å². The Bertz CT molecular complexity index is 787. The molecule has 4 nitrogen and oxygen atoms in total. The van der Waals surface area contributed by atoms with E-state index in [0.717, 1.165) is 10.5 Å². The van der Waals surface area contributed by atoms with Gasteiger partial charge < -0.3 is 9.88 Å². The molecule has 1 atom stereocenters. The summed E-state index contributed by atoms with van der Waals surface area (Å²) in [5, 5.41) is 3.16. The van der Waals surface area contributed by atoms with Crippen molar-refractivity contribution in [3.05, 3.63) is 84.4 Å². The van der Waals surface area contributed by atoms with E-state index >= 15 is 0 Å². The molecule has 0 radical (unpaired) electrons. The zero-order valence-electron chi connectivity index (χ0n) is 13.4. The van der Waals surface area contributed by atoms with Crippen molar-refractivity contribution in [1.29, 1.82) is 0 Å². The van der Waals surface area contributed by atoms with Gasteiger partial charge in [0.15, 0.2) is 0 Å². The van der Waals surface area contributed by atoms with Crippen LogP contribution in [0.2, 0.25) is 0 Å². The summed E-state index contributed by atoms with van der Waals surface area (Å²) in [5.74, 6) is -0.0612. The molecule has 1 heterocycles. The summed E-state index contributed by atoms with van der Waals surface area (Å²) in [6.07, 6.45) is 7.38. The molecule has 3 aromatic rings. The number of nitrogens with zero attached hydrogens (tertiary/aromatic N) is 2. The Hall–Kier alpha value is -2.53. The van der Waals surface area contributed by atoms with Gasteiger partial charge in [-0.15, -0.1) is 11.8 Å². The second-order valence-electron chi connectivity index (χ2n) is 5.40. The molecule has 0 aliphatic heterocycles. The third-order valence-corrected chi connectivity index (χ3v) is 4.61. The van der Waals surface area contributed by atoms with Crippen molar-refractivity contribution < 1.29 is 4.79 Å². The molecule has 3 rings (SSSR count). The minimum absolute atomic E-state index is 0.0612. The summed E-state index contributed by atoms with van der Waals surface area (Å²) in [5.41, 5.74) is 1.78. The average Bonchev–Trinajstić information content (AvgIpc) is 3.15. The van der Waals surface area contributed by atoms with E-state index in [1.165, 1.54) is 0 Å². The number of imidazole rings is 1. The fraction of sp³-hybridized carbons (Fsp3) is 0.158. The highest BCUT2D eigenvalue weighted by molar-refractivity contribution is 7.98. The van der Waals surface area contributed by atoms with E-state index < -0.39 is 0 Å². The van der Waals surface area contributed by atoms with Crippen molar-refractivity contribution in [2.45, 2.75) is 17.5 Å². The Labute approximate surface area is 145 Å². The van der Waals surface area contributed by atoms with E-state index in [1.54, 1.807) is 24.3 Å². The minimum atomic E-state index is -0.122. The van der Waals surface area contributed by atoms with Gasteiger partial charge in [0.1, 0.15) is 0 Å². The fourth-order valence-corrected chi connectivity index (χ4v) is 3.19. The number of hydrogen-bond donors (Lipinski definition) is 1. The van der Waals surface area contributed by atoms with Crippen LogP contribution in [0, 0.1) is 0 Å². The van der Waals surface area contributed by atoms with Crippen LogP contribution in [-0.4, -0.2) is 21.7 Å². The van der Waals surface area contributed by atoms with Crippen LogP contribution >= 0.6 is 11.8 Å². The maximum Gasteiger partial charge on any atom is 0.252 e. The standard InChI is InChI=1S/C19H19N3OS/c1-24-18-10-6-5-9-16(18)19(23)21-17(13-22-12-11-20-14-22)15-7-3-2-4-8-15/h2-12,14,17H,13H2,1H3,(H,21,23)/t17-/m0/s1. The van der Waals surface area contributed by atoms with Crippen LogP contribution in [0.5, 0.6) is 0 Å². The molecule has 2 aromatic carbocycles. The summed E-state index contributed by atoms with van der Waals surface area (Å²) >= 11 is 1.58. The molecule has 0 spiro atoms. The van der Waals surface area contributed by atoms with Gasteiger partial charge in [-0.3, -0.25) is 4.79 Å². The Balaban J connectivity index is 1.84.